The highest BCUT2D eigenvalue weighted by molar-refractivity contribution is 5.78. The van der Waals surface area contributed by atoms with Crippen molar-refractivity contribution in [2.45, 2.75) is 6.04 Å². The second kappa shape index (κ2) is 17.2. The molecule has 0 saturated carbocycles. The Hall–Kier alpha value is -2.18. The fourth-order valence-electron chi connectivity index (χ4n) is 0.623. The molecular weight excluding hydrogens is 246 g/mol. The molecule has 0 rings (SSSR count). The second-order valence-corrected chi connectivity index (χ2v) is 3.01. The average molecular weight is 261 g/mol. The summed E-state index contributed by atoms with van der Waals surface area (Å²) in [5, 5.41) is 2.53. The zero-order valence-corrected chi connectivity index (χ0v) is 10.0. The smallest absolute Gasteiger partial charge is 0.353 e. The lowest BCUT2D eigenvalue weighted by molar-refractivity contribution is -0.193. The summed E-state index contributed by atoms with van der Waals surface area (Å²) in [6.45, 7) is 0.516. The van der Waals surface area contributed by atoms with E-state index in [4.69, 9.17) is 24.9 Å². The maximum Gasteiger partial charge on any atom is 0.373 e. The zero-order valence-electron chi connectivity index (χ0n) is 10.0. The third-order valence-corrected chi connectivity index (χ3v) is 1.17. The van der Waals surface area contributed by atoms with E-state index in [2.05, 4.69) is 5.32 Å². The van der Waals surface area contributed by atoms with Crippen LogP contribution < -0.4 is 11.1 Å². The predicted molar refractivity (Wildman–Crippen MR) is 55.6 cm³/mol. The molecule has 18 heavy (non-hydrogen) atoms. The molecule has 0 bridgehead atoms. The van der Waals surface area contributed by atoms with Crippen LogP contribution in [0.5, 0.6) is 0 Å². The van der Waals surface area contributed by atoms with Crippen LogP contribution in [0, 0.1) is 0 Å². The van der Waals surface area contributed by atoms with Gasteiger partial charge in [-0.25, -0.2) is 0 Å². The maximum atomic E-state index is 10.9. The zero-order chi connectivity index (χ0) is 15.0. The molecule has 0 spiro atoms. The highest BCUT2D eigenvalue weighted by Gasteiger charge is 2.04. The Morgan fingerprint density at radius 2 is 1.67 bits per heavy atom. The van der Waals surface area contributed by atoms with Crippen molar-refractivity contribution >= 4 is 24.5 Å². The highest BCUT2D eigenvalue weighted by atomic mass is 16.2. The van der Waals surface area contributed by atoms with Gasteiger partial charge in [-0.3, -0.25) is 4.79 Å². The van der Waals surface area contributed by atoms with Crippen LogP contribution in [-0.4, -0.2) is 62.6 Å². The van der Waals surface area contributed by atoms with E-state index in [0.29, 0.717) is 12.8 Å². The number of hydrogen-bond acceptors (Lipinski definition) is 8. The number of likely N-dealkylation sites (N-methyl/N-ethyl adjacent to an activating group) is 1. The van der Waals surface area contributed by atoms with E-state index in [0.717, 1.165) is 0 Å². The fraction of sp³-hybridized carbons (Fsp3) is 0.556. The van der Waals surface area contributed by atoms with Crippen LogP contribution in [-0.2, 0) is 28.8 Å². The largest absolute Gasteiger partial charge is 0.373 e. The van der Waals surface area contributed by atoms with Crippen molar-refractivity contribution in [3.63, 3.8) is 0 Å². The predicted octanol–water partition coefficient (Wildman–Crippen LogP) is -2.98. The van der Waals surface area contributed by atoms with Gasteiger partial charge in [0.1, 0.15) is 6.29 Å². The molecule has 9 heteroatoms. The Balaban J connectivity index is -0.000000315. The molecule has 0 saturated heterocycles. The minimum Gasteiger partial charge on any atom is -0.353 e. The summed E-state index contributed by atoms with van der Waals surface area (Å²) < 4.78 is 0. The van der Waals surface area contributed by atoms with Gasteiger partial charge in [-0.05, 0) is 14.1 Å². The number of amides is 1. The number of aldehydes is 1. The van der Waals surface area contributed by atoms with Gasteiger partial charge in [-0.15, -0.1) is 0 Å². The number of hydrogen-bond donors (Lipinski definition) is 2. The summed E-state index contributed by atoms with van der Waals surface area (Å²) in [4.78, 5) is 55.2. The Labute approximate surface area is 103 Å². The van der Waals surface area contributed by atoms with Gasteiger partial charge in [0, 0.05) is 6.54 Å². The van der Waals surface area contributed by atoms with Gasteiger partial charge >= 0.3 is 12.3 Å². The topological polar surface area (TPSA) is 144 Å². The van der Waals surface area contributed by atoms with Crippen LogP contribution in [0.15, 0.2) is 0 Å². The molecule has 102 valence electrons. The average Bonchev–Trinajstić information content (AvgIpc) is 2.27. The van der Waals surface area contributed by atoms with Crippen LogP contribution in [0.1, 0.15) is 0 Å². The van der Waals surface area contributed by atoms with Gasteiger partial charge in [0.05, 0.1) is 12.6 Å². The monoisotopic (exact) mass is 261 g/mol. The molecular formula is C9H15N3O6. The van der Waals surface area contributed by atoms with Crippen molar-refractivity contribution in [1.29, 1.82) is 0 Å². The Kier molecular flexibility index (Phi) is 20.2. The van der Waals surface area contributed by atoms with Crippen molar-refractivity contribution in [2.75, 3.05) is 27.2 Å². The first-order valence-electron chi connectivity index (χ1n) is 4.50. The van der Waals surface area contributed by atoms with Crippen molar-refractivity contribution in [3.8, 4) is 0 Å². The lowest BCUT2D eigenvalue weighted by Gasteiger charge is -2.10. The third kappa shape index (κ3) is 29.2. The van der Waals surface area contributed by atoms with Gasteiger partial charge in [-0.1, -0.05) is 0 Å². The van der Waals surface area contributed by atoms with Gasteiger partial charge in [-0.2, -0.15) is 19.2 Å². The summed E-state index contributed by atoms with van der Waals surface area (Å²) >= 11 is 0. The number of rotatable bonds is 5. The molecule has 0 heterocycles. The lowest BCUT2D eigenvalue weighted by atomic mass is 10.3. The molecule has 3 N–H and O–H groups in total. The first-order chi connectivity index (χ1) is 8.39. The van der Waals surface area contributed by atoms with Crippen molar-refractivity contribution < 1.29 is 28.8 Å². The molecule has 0 fully saturated rings. The van der Waals surface area contributed by atoms with Gasteiger partial charge < -0.3 is 20.7 Å². The molecule has 0 aliphatic carbocycles. The van der Waals surface area contributed by atoms with Crippen molar-refractivity contribution in [1.82, 2.24) is 10.2 Å². The van der Waals surface area contributed by atoms with E-state index >= 15 is 0 Å². The summed E-state index contributed by atoms with van der Waals surface area (Å²) in [6, 6.07) is -0.601. The first-order valence-corrected chi connectivity index (χ1v) is 4.50. The molecule has 0 aliphatic rings. The number of nitrogens with zero attached hydrogens (tertiary/aromatic N) is 1. The van der Waals surface area contributed by atoms with Crippen LogP contribution >= 0.6 is 0 Å². The number of carbonyl (C=O) groups excluding carboxylic acids is 6. The molecule has 0 aliphatic heterocycles. The Morgan fingerprint density at radius 1 is 1.28 bits per heavy atom. The quantitative estimate of drug-likeness (QED) is 0.499. The van der Waals surface area contributed by atoms with E-state index in [1.807, 2.05) is 0 Å². The summed E-state index contributed by atoms with van der Waals surface area (Å²) in [5.41, 5.74) is 5.26. The van der Waals surface area contributed by atoms with Crippen LogP contribution in [0.2, 0.25) is 0 Å². The van der Waals surface area contributed by atoms with Crippen LogP contribution in [0.4, 0.5) is 0 Å². The summed E-state index contributed by atoms with van der Waals surface area (Å²) in [6.07, 6.45) is 1.11. The molecule has 1 atom stereocenters. The standard InChI is InChI=1S/C7H15N3O2.2CO2/c1-10(2)4-7(12)9-3-6(8)5-11;2*2-1-3/h5-6H,3-4,8H2,1-2H3,(H,9,12);;. The second-order valence-electron chi connectivity index (χ2n) is 3.01. The number of carbonyl (C=O) groups is 2. The first kappa shape index (κ1) is 21.1. The summed E-state index contributed by atoms with van der Waals surface area (Å²) in [5.74, 6) is -0.127. The molecule has 9 nitrogen and oxygen atoms in total. The maximum absolute atomic E-state index is 10.9. The minimum atomic E-state index is -0.601. The highest BCUT2D eigenvalue weighted by Crippen LogP contribution is 1.74. The van der Waals surface area contributed by atoms with Gasteiger partial charge in [0.25, 0.3) is 0 Å². The van der Waals surface area contributed by atoms with Crippen molar-refractivity contribution in [2.24, 2.45) is 5.73 Å². The normalized spacial score (nSPS) is 9.33. The Bertz CT molecular complexity index is 281. The van der Waals surface area contributed by atoms with E-state index in [1.54, 1.807) is 19.0 Å². The molecule has 1 unspecified atom stereocenters. The van der Waals surface area contributed by atoms with E-state index < -0.39 is 6.04 Å². The third-order valence-electron chi connectivity index (χ3n) is 1.17. The SMILES string of the molecule is CN(C)CC(=O)NCC(N)C=O.O=C=O.O=C=O. The number of nitrogens with one attached hydrogen (secondary N) is 1. The molecule has 0 aromatic rings. The van der Waals surface area contributed by atoms with Gasteiger partial charge in [0.2, 0.25) is 5.91 Å². The molecule has 1 amide bonds. The van der Waals surface area contributed by atoms with Crippen LogP contribution in [0.3, 0.4) is 0 Å². The van der Waals surface area contributed by atoms with E-state index in [1.165, 1.54) is 0 Å². The number of nitrogens with two attached hydrogens (primary N) is 1. The fourth-order valence-corrected chi connectivity index (χ4v) is 0.623. The molecule has 0 radical (unpaired) electrons. The van der Waals surface area contributed by atoms with Crippen LogP contribution in [0.25, 0.3) is 0 Å². The van der Waals surface area contributed by atoms with E-state index in [9.17, 15) is 9.59 Å². The molecule has 0 aromatic carbocycles. The lowest BCUT2D eigenvalue weighted by Crippen LogP contribution is -2.41. The minimum absolute atomic E-state index is 0.127. The van der Waals surface area contributed by atoms with E-state index in [-0.39, 0.29) is 24.8 Å². The summed E-state index contributed by atoms with van der Waals surface area (Å²) in [7, 11) is 3.58. The Morgan fingerprint density at radius 3 is 1.94 bits per heavy atom. The van der Waals surface area contributed by atoms with Crippen molar-refractivity contribution in [3.05, 3.63) is 0 Å². The van der Waals surface area contributed by atoms with Gasteiger partial charge in [0.15, 0.2) is 0 Å². The molecule has 0 aromatic heterocycles.